The molecule has 0 unspecified atom stereocenters. The van der Waals surface area contributed by atoms with Crippen molar-refractivity contribution in [1.82, 2.24) is 0 Å². The van der Waals surface area contributed by atoms with Gasteiger partial charge in [-0.05, 0) is 36.5 Å². The van der Waals surface area contributed by atoms with E-state index in [0.29, 0.717) is 0 Å². The summed E-state index contributed by atoms with van der Waals surface area (Å²) in [5, 5.41) is 10.9. The van der Waals surface area contributed by atoms with E-state index < -0.39 is 5.60 Å². The molecule has 2 aromatic rings. The minimum absolute atomic E-state index is 0.787. The second-order valence-corrected chi connectivity index (χ2v) is 4.89. The molecule has 1 aliphatic carbocycles. The molecule has 0 heterocycles. The maximum absolute atomic E-state index is 10.9. The Balaban J connectivity index is 2.14. The third kappa shape index (κ3) is 1.58. The Kier molecular flexibility index (Phi) is 2.30. The van der Waals surface area contributed by atoms with E-state index in [1.54, 1.807) is 0 Å². The molecule has 0 aliphatic heterocycles. The number of aryl methyl sites for hydroxylation is 2. The molecule has 0 bridgehead atoms. The fourth-order valence-electron chi connectivity index (χ4n) is 2.80. The molecular formula is C16H16O. The number of rotatable bonds is 1. The number of benzene rings is 2. The van der Waals surface area contributed by atoms with Crippen molar-refractivity contribution >= 4 is 0 Å². The van der Waals surface area contributed by atoms with Crippen molar-refractivity contribution < 1.29 is 5.11 Å². The van der Waals surface area contributed by atoms with Crippen molar-refractivity contribution in [3.05, 3.63) is 70.8 Å². The van der Waals surface area contributed by atoms with Crippen LogP contribution in [0.1, 0.15) is 28.7 Å². The molecule has 2 aromatic carbocycles. The maximum atomic E-state index is 10.9. The molecule has 17 heavy (non-hydrogen) atoms. The summed E-state index contributed by atoms with van der Waals surface area (Å²) in [7, 11) is 0. The predicted molar refractivity (Wildman–Crippen MR) is 68.9 cm³/mol. The van der Waals surface area contributed by atoms with E-state index in [0.717, 1.165) is 24.0 Å². The van der Waals surface area contributed by atoms with Crippen molar-refractivity contribution in [3.8, 4) is 0 Å². The second-order valence-electron chi connectivity index (χ2n) is 4.89. The highest BCUT2D eigenvalue weighted by molar-refractivity contribution is 5.46. The van der Waals surface area contributed by atoms with Crippen LogP contribution >= 0.6 is 0 Å². The Hall–Kier alpha value is -1.60. The van der Waals surface area contributed by atoms with Gasteiger partial charge in [0.2, 0.25) is 0 Å². The van der Waals surface area contributed by atoms with Gasteiger partial charge in [-0.1, -0.05) is 54.1 Å². The van der Waals surface area contributed by atoms with Crippen molar-refractivity contribution in [2.24, 2.45) is 0 Å². The molecular weight excluding hydrogens is 208 g/mol. The molecule has 1 N–H and O–H groups in total. The van der Waals surface area contributed by atoms with E-state index in [2.05, 4.69) is 25.1 Å². The fourth-order valence-corrected chi connectivity index (χ4v) is 2.80. The molecule has 0 fully saturated rings. The van der Waals surface area contributed by atoms with Gasteiger partial charge in [-0.25, -0.2) is 0 Å². The highest BCUT2D eigenvalue weighted by atomic mass is 16.3. The normalized spacial score (nSPS) is 22.5. The maximum Gasteiger partial charge on any atom is 0.115 e. The van der Waals surface area contributed by atoms with Crippen LogP contribution in [0, 0.1) is 6.92 Å². The smallest absolute Gasteiger partial charge is 0.115 e. The molecule has 1 heteroatoms. The Morgan fingerprint density at radius 3 is 2.59 bits per heavy atom. The third-order valence-corrected chi connectivity index (χ3v) is 3.71. The first-order valence-corrected chi connectivity index (χ1v) is 6.08. The van der Waals surface area contributed by atoms with Gasteiger partial charge in [0.05, 0.1) is 0 Å². The topological polar surface area (TPSA) is 20.2 Å². The highest BCUT2D eigenvalue weighted by Gasteiger charge is 2.37. The Morgan fingerprint density at radius 2 is 1.82 bits per heavy atom. The van der Waals surface area contributed by atoms with Gasteiger partial charge >= 0.3 is 0 Å². The van der Waals surface area contributed by atoms with Gasteiger partial charge in [-0.3, -0.25) is 0 Å². The lowest BCUT2D eigenvalue weighted by Gasteiger charge is -2.24. The van der Waals surface area contributed by atoms with Gasteiger partial charge in [0.25, 0.3) is 0 Å². The minimum Gasteiger partial charge on any atom is -0.380 e. The average molecular weight is 224 g/mol. The van der Waals surface area contributed by atoms with Crippen LogP contribution in [0.3, 0.4) is 0 Å². The van der Waals surface area contributed by atoms with Gasteiger partial charge in [0, 0.05) is 0 Å². The first kappa shape index (κ1) is 10.5. The minimum atomic E-state index is -0.787. The van der Waals surface area contributed by atoms with E-state index in [1.165, 1.54) is 11.1 Å². The van der Waals surface area contributed by atoms with E-state index in [1.807, 2.05) is 30.3 Å². The molecule has 1 atom stereocenters. The molecule has 1 aliphatic rings. The SMILES string of the molecule is Cc1ccc2c(c1)CC[C@]2(O)c1ccccc1. The summed E-state index contributed by atoms with van der Waals surface area (Å²) in [6.07, 6.45) is 1.75. The number of aliphatic hydroxyl groups is 1. The summed E-state index contributed by atoms with van der Waals surface area (Å²) in [5.74, 6) is 0. The molecule has 0 saturated carbocycles. The van der Waals surface area contributed by atoms with E-state index >= 15 is 0 Å². The van der Waals surface area contributed by atoms with Crippen LogP contribution < -0.4 is 0 Å². The van der Waals surface area contributed by atoms with Crippen LogP contribution in [0.2, 0.25) is 0 Å². The Labute approximate surface area is 102 Å². The van der Waals surface area contributed by atoms with Crippen LogP contribution in [0.25, 0.3) is 0 Å². The van der Waals surface area contributed by atoms with Crippen molar-refractivity contribution in [1.29, 1.82) is 0 Å². The monoisotopic (exact) mass is 224 g/mol. The summed E-state index contributed by atoms with van der Waals surface area (Å²) >= 11 is 0. The number of fused-ring (bicyclic) bond motifs is 1. The first-order valence-electron chi connectivity index (χ1n) is 6.08. The van der Waals surface area contributed by atoms with Gasteiger partial charge in [0.1, 0.15) is 5.60 Å². The summed E-state index contributed by atoms with van der Waals surface area (Å²) in [5.41, 5.74) is 3.85. The lowest BCUT2D eigenvalue weighted by molar-refractivity contribution is 0.0829. The van der Waals surface area contributed by atoms with Crippen molar-refractivity contribution in [3.63, 3.8) is 0 Å². The quantitative estimate of drug-likeness (QED) is 0.788. The van der Waals surface area contributed by atoms with E-state index in [4.69, 9.17) is 0 Å². The van der Waals surface area contributed by atoms with Gasteiger partial charge in [-0.15, -0.1) is 0 Å². The van der Waals surface area contributed by atoms with Crippen LogP contribution in [0.5, 0.6) is 0 Å². The standard InChI is InChI=1S/C16H16O/c1-12-7-8-15-13(11-12)9-10-16(15,17)14-5-3-2-4-6-14/h2-8,11,17H,9-10H2,1H3/t16-/m0/s1. The predicted octanol–water partition coefficient (Wildman–Crippen LogP) is 3.18. The van der Waals surface area contributed by atoms with Gasteiger partial charge in [0.15, 0.2) is 0 Å². The summed E-state index contributed by atoms with van der Waals surface area (Å²) < 4.78 is 0. The lowest BCUT2D eigenvalue weighted by Crippen LogP contribution is -2.23. The molecule has 0 aromatic heterocycles. The van der Waals surface area contributed by atoms with Crippen LogP contribution in [0.15, 0.2) is 48.5 Å². The highest BCUT2D eigenvalue weighted by Crippen LogP contribution is 2.41. The molecule has 0 saturated heterocycles. The second kappa shape index (κ2) is 3.71. The summed E-state index contributed by atoms with van der Waals surface area (Å²) in [4.78, 5) is 0. The van der Waals surface area contributed by atoms with E-state index in [9.17, 15) is 5.11 Å². The zero-order chi connectivity index (χ0) is 11.9. The summed E-state index contributed by atoms with van der Waals surface area (Å²) in [6, 6.07) is 16.3. The molecule has 86 valence electrons. The van der Waals surface area contributed by atoms with Crippen molar-refractivity contribution in [2.75, 3.05) is 0 Å². The Bertz CT molecular complexity index is 545. The van der Waals surface area contributed by atoms with Crippen LogP contribution in [-0.4, -0.2) is 5.11 Å². The first-order chi connectivity index (χ1) is 8.20. The molecule has 0 spiro atoms. The molecule has 0 radical (unpaired) electrons. The molecule has 1 nitrogen and oxygen atoms in total. The van der Waals surface area contributed by atoms with Crippen LogP contribution in [0.4, 0.5) is 0 Å². The summed E-state index contributed by atoms with van der Waals surface area (Å²) in [6.45, 7) is 2.10. The van der Waals surface area contributed by atoms with Crippen LogP contribution in [-0.2, 0) is 12.0 Å². The number of hydrogen-bond acceptors (Lipinski definition) is 1. The lowest BCUT2D eigenvalue weighted by atomic mass is 9.88. The zero-order valence-electron chi connectivity index (χ0n) is 9.98. The molecule has 0 amide bonds. The Morgan fingerprint density at radius 1 is 1.06 bits per heavy atom. The zero-order valence-corrected chi connectivity index (χ0v) is 9.98. The van der Waals surface area contributed by atoms with Gasteiger partial charge < -0.3 is 5.11 Å². The fraction of sp³-hybridized carbons (Fsp3) is 0.250. The van der Waals surface area contributed by atoms with E-state index in [-0.39, 0.29) is 0 Å². The van der Waals surface area contributed by atoms with Gasteiger partial charge in [-0.2, -0.15) is 0 Å². The number of hydrogen-bond donors (Lipinski definition) is 1. The molecule has 3 rings (SSSR count). The largest absolute Gasteiger partial charge is 0.380 e. The van der Waals surface area contributed by atoms with Crippen molar-refractivity contribution in [2.45, 2.75) is 25.4 Å². The average Bonchev–Trinajstić information content (AvgIpc) is 2.69. The third-order valence-electron chi connectivity index (χ3n) is 3.71.